The average molecular weight is 329 g/mol. The van der Waals surface area contributed by atoms with Gasteiger partial charge in [-0.15, -0.1) is 0 Å². The van der Waals surface area contributed by atoms with Crippen LogP contribution in [0, 0.1) is 0 Å². The van der Waals surface area contributed by atoms with E-state index >= 15 is 0 Å². The van der Waals surface area contributed by atoms with E-state index in [0.29, 0.717) is 0 Å². The van der Waals surface area contributed by atoms with E-state index in [0.717, 1.165) is 0 Å². The third-order valence-electron chi connectivity index (χ3n) is 0. The number of rotatable bonds is 0. The number of hydrogen-bond donors (Lipinski definition) is 0. The summed E-state index contributed by atoms with van der Waals surface area (Å²) in [5.74, 6) is 0. The molecule has 0 unspecified atom stereocenters. The van der Waals surface area contributed by atoms with E-state index in [1.807, 2.05) is 0 Å². The van der Waals surface area contributed by atoms with E-state index in [4.69, 9.17) is 0 Å². The van der Waals surface area contributed by atoms with E-state index in [-0.39, 0.29) is 102 Å². The molecule has 0 aliphatic heterocycles. The fourth-order valence-corrected chi connectivity index (χ4v) is 0. The standard InChI is InChI=1S/2Al.2In.N.P/q;;2*+3;2*-3. The second kappa shape index (κ2) is 41.6. The van der Waals surface area contributed by atoms with Gasteiger partial charge in [0.05, 0.1) is 0 Å². The Labute approximate surface area is 101 Å². The van der Waals surface area contributed by atoms with Crippen LogP contribution < -0.4 is 0 Å². The van der Waals surface area contributed by atoms with Crippen molar-refractivity contribution in [2.24, 2.45) is 0 Å². The summed E-state index contributed by atoms with van der Waals surface area (Å²) in [6.07, 6.45) is 0. The van der Waals surface area contributed by atoms with Crippen LogP contribution in [-0.4, -0.2) is 86.4 Å². The zero-order valence-electron chi connectivity index (χ0n) is 3.20. The van der Waals surface area contributed by atoms with Crippen molar-refractivity contribution < 1.29 is 0 Å². The summed E-state index contributed by atoms with van der Waals surface area (Å²) in [5.41, 5.74) is 0. The van der Waals surface area contributed by atoms with Crippen LogP contribution in [0.15, 0.2) is 0 Å². The van der Waals surface area contributed by atoms with Crippen LogP contribution in [0.5, 0.6) is 0 Å². The molecule has 0 aromatic carbocycles. The summed E-state index contributed by atoms with van der Waals surface area (Å²) in [4.78, 5) is 0. The first-order valence-corrected chi connectivity index (χ1v) is 0. The molecule has 1 nitrogen and oxygen atoms in total. The van der Waals surface area contributed by atoms with Gasteiger partial charge >= 0.3 is 51.7 Å². The molecule has 0 aromatic rings. The van der Waals surface area contributed by atoms with Gasteiger partial charge < -0.3 is 16.0 Å². The first-order valence-electron chi connectivity index (χ1n) is 0. The number of nitrogens with zero attached hydrogens (tertiary/aromatic N) is 1. The van der Waals surface area contributed by atoms with Crippen LogP contribution in [-0.2, 0) is 0 Å². The Hall–Kier alpha value is 3.20. The van der Waals surface area contributed by atoms with Gasteiger partial charge in [0.1, 0.15) is 0 Å². The molecule has 22 valence electrons. The van der Waals surface area contributed by atoms with Crippen LogP contribution >= 0.6 is 9.90 Å². The molecule has 0 saturated carbocycles. The monoisotopic (exact) mass is 329 g/mol. The van der Waals surface area contributed by atoms with Crippen molar-refractivity contribution in [2.75, 3.05) is 0 Å². The van der Waals surface area contributed by atoms with E-state index in [1.165, 1.54) is 0 Å². The maximum absolute atomic E-state index is 0. The zero-order chi connectivity index (χ0) is 0. The van der Waals surface area contributed by atoms with Crippen molar-refractivity contribution in [3.05, 3.63) is 6.15 Å². The van der Waals surface area contributed by atoms with Gasteiger partial charge in [-0.2, -0.15) is 0 Å². The largest absolute Gasteiger partial charge is 3.00 e. The van der Waals surface area contributed by atoms with Crippen LogP contribution in [0.3, 0.4) is 0 Å². The molecule has 0 aliphatic carbocycles. The molecule has 0 N–H and O–H groups in total. The molecule has 0 spiro atoms. The van der Waals surface area contributed by atoms with Gasteiger partial charge in [0.15, 0.2) is 0 Å². The van der Waals surface area contributed by atoms with Crippen molar-refractivity contribution in [3.8, 4) is 0 Å². The minimum Gasteiger partial charge on any atom is -3.00 e. The Kier molecular flexibility index (Phi) is 419. The van der Waals surface area contributed by atoms with Crippen molar-refractivity contribution in [2.45, 2.75) is 0 Å². The summed E-state index contributed by atoms with van der Waals surface area (Å²) < 4.78 is 0. The minimum atomic E-state index is 0. The maximum Gasteiger partial charge on any atom is 3.00 e. The fourth-order valence-electron chi connectivity index (χ4n) is 0. The maximum atomic E-state index is 0. The Morgan fingerprint density at radius 2 is 0.667 bits per heavy atom. The summed E-state index contributed by atoms with van der Waals surface area (Å²) in [6, 6.07) is 0. The molecule has 0 aliphatic rings. The van der Waals surface area contributed by atoms with Crippen molar-refractivity contribution in [1.29, 1.82) is 0 Å². The van der Waals surface area contributed by atoms with Crippen molar-refractivity contribution in [1.82, 2.24) is 0 Å². The third-order valence-corrected chi connectivity index (χ3v) is 0. The van der Waals surface area contributed by atoms with Gasteiger partial charge in [-0.1, -0.05) is 0 Å². The first kappa shape index (κ1) is 60.5. The van der Waals surface area contributed by atoms with Crippen LogP contribution in [0.25, 0.3) is 6.15 Å². The summed E-state index contributed by atoms with van der Waals surface area (Å²) in [5, 5.41) is 0. The molecular formula is Al2In2NP. The molecule has 0 amide bonds. The molecule has 0 aromatic heterocycles. The molecular weight excluding hydrogens is 329 g/mol. The van der Waals surface area contributed by atoms with Gasteiger partial charge in [-0.05, 0) is 0 Å². The van der Waals surface area contributed by atoms with E-state index in [1.54, 1.807) is 0 Å². The Morgan fingerprint density at radius 3 is 0.667 bits per heavy atom. The smallest absolute Gasteiger partial charge is 3.00 e. The molecule has 6 heavy (non-hydrogen) atoms. The van der Waals surface area contributed by atoms with Crippen LogP contribution in [0.2, 0.25) is 0 Å². The number of hydrogen-bond acceptors (Lipinski definition) is 0. The zero-order valence-corrected chi connectivity index (χ0v) is 13.0. The molecule has 0 atom stereocenters. The Bertz CT molecular complexity index is 11.5. The SMILES string of the molecule is [Al].[Al].[In+3].[In+3].[N-3].[P-3]. The van der Waals surface area contributed by atoms with Gasteiger partial charge in [0.25, 0.3) is 0 Å². The van der Waals surface area contributed by atoms with Crippen LogP contribution in [0.4, 0.5) is 0 Å². The van der Waals surface area contributed by atoms with E-state index < -0.39 is 0 Å². The van der Waals surface area contributed by atoms with Gasteiger partial charge in [-0.3, -0.25) is 0 Å². The van der Waals surface area contributed by atoms with Crippen molar-refractivity contribution in [3.63, 3.8) is 0 Å². The molecule has 6 heteroatoms. The predicted molar refractivity (Wildman–Crippen MR) is 33.3 cm³/mol. The second-order valence-electron chi connectivity index (χ2n) is 0. The van der Waals surface area contributed by atoms with E-state index in [9.17, 15) is 0 Å². The predicted octanol–water partition coefficient (Wildman–Crippen LogP) is -0.373. The minimum absolute atomic E-state index is 0. The average Bonchev–Trinajstić information content (AvgIpc) is 0. The Balaban J connectivity index is 0. The first-order chi connectivity index (χ1) is 0. The summed E-state index contributed by atoms with van der Waals surface area (Å²) >= 11 is 0. The van der Waals surface area contributed by atoms with Gasteiger partial charge in [-0.25, -0.2) is 0 Å². The molecule has 0 rings (SSSR count). The van der Waals surface area contributed by atoms with Crippen molar-refractivity contribution >= 4 is 96.3 Å². The quantitative estimate of drug-likeness (QED) is 0.429. The van der Waals surface area contributed by atoms with Crippen LogP contribution in [0.1, 0.15) is 0 Å². The topological polar surface area (TPSA) is 30.5 Å². The summed E-state index contributed by atoms with van der Waals surface area (Å²) in [7, 11) is 0. The molecule has 6 radical (unpaired) electrons. The fraction of sp³-hybridized carbons (Fsp3) is 0. The Morgan fingerprint density at radius 1 is 0.667 bits per heavy atom. The molecule has 0 fully saturated rings. The third kappa shape index (κ3) is 27.0. The normalized spacial score (nSPS) is 0. The van der Waals surface area contributed by atoms with Gasteiger partial charge in [0, 0.05) is 34.7 Å². The molecule has 0 heterocycles. The van der Waals surface area contributed by atoms with E-state index in [2.05, 4.69) is 0 Å². The summed E-state index contributed by atoms with van der Waals surface area (Å²) in [6.45, 7) is 0. The second-order valence-corrected chi connectivity index (χ2v) is 0. The molecule has 0 bridgehead atoms. The van der Waals surface area contributed by atoms with Gasteiger partial charge in [0.2, 0.25) is 0 Å². The molecule has 0 saturated heterocycles.